The second-order valence-corrected chi connectivity index (χ2v) is 3.47. The van der Waals surface area contributed by atoms with Crippen molar-refractivity contribution >= 4 is 5.97 Å². The van der Waals surface area contributed by atoms with Crippen LogP contribution in [-0.2, 0) is 4.79 Å². The molecular formula is C13H16O3. The average molecular weight is 220 g/mol. The molecule has 0 aromatic heterocycles. The van der Waals surface area contributed by atoms with Gasteiger partial charge in [0.25, 0.3) is 0 Å². The quantitative estimate of drug-likeness (QED) is 0.750. The predicted molar refractivity (Wildman–Crippen MR) is 62.8 cm³/mol. The fourth-order valence-electron chi connectivity index (χ4n) is 1.50. The highest BCUT2D eigenvalue weighted by molar-refractivity contribution is 5.76. The Bertz CT molecular complexity index is 354. The highest BCUT2D eigenvalue weighted by atomic mass is 16.5. The molecule has 0 heterocycles. The van der Waals surface area contributed by atoms with Gasteiger partial charge in [-0.05, 0) is 24.1 Å². The Morgan fingerprint density at radius 3 is 2.56 bits per heavy atom. The molecule has 0 spiro atoms. The van der Waals surface area contributed by atoms with E-state index in [1.807, 2.05) is 6.92 Å². The van der Waals surface area contributed by atoms with E-state index < -0.39 is 11.9 Å². The van der Waals surface area contributed by atoms with Gasteiger partial charge in [-0.1, -0.05) is 31.7 Å². The van der Waals surface area contributed by atoms with E-state index in [0.29, 0.717) is 13.0 Å². The lowest BCUT2D eigenvalue weighted by Crippen LogP contribution is -2.10. The minimum atomic E-state index is -0.790. The fourth-order valence-corrected chi connectivity index (χ4v) is 1.50. The van der Waals surface area contributed by atoms with Gasteiger partial charge in [0, 0.05) is 0 Å². The van der Waals surface area contributed by atoms with Crippen LogP contribution < -0.4 is 4.74 Å². The number of rotatable bonds is 6. The lowest BCUT2D eigenvalue weighted by Gasteiger charge is -2.10. The van der Waals surface area contributed by atoms with Crippen molar-refractivity contribution in [2.24, 2.45) is 0 Å². The summed E-state index contributed by atoms with van der Waals surface area (Å²) in [5, 5.41) is 8.99. The summed E-state index contributed by atoms with van der Waals surface area (Å²) in [6, 6.07) is 7.15. The van der Waals surface area contributed by atoms with Gasteiger partial charge in [0.15, 0.2) is 0 Å². The Morgan fingerprint density at radius 2 is 2.12 bits per heavy atom. The van der Waals surface area contributed by atoms with Crippen LogP contribution in [-0.4, -0.2) is 17.7 Å². The van der Waals surface area contributed by atoms with Gasteiger partial charge in [-0.25, -0.2) is 0 Å². The molecule has 0 aliphatic heterocycles. The maximum atomic E-state index is 10.9. The number of ether oxygens (including phenoxy) is 1. The summed E-state index contributed by atoms with van der Waals surface area (Å²) in [5.74, 6) is -0.500. The Kier molecular flexibility index (Phi) is 4.58. The van der Waals surface area contributed by atoms with E-state index in [2.05, 4.69) is 6.58 Å². The molecule has 1 atom stereocenters. The van der Waals surface area contributed by atoms with Crippen molar-refractivity contribution in [2.45, 2.75) is 19.3 Å². The smallest absolute Gasteiger partial charge is 0.310 e. The van der Waals surface area contributed by atoms with Crippen molar-refractivity contribution in [3.63, 3.8) is 0 Å². The molecular weight excluding hydrogens is 204 g/mol. The number of hydrogen-bond donors (Lipinski definition) is 1. The van der Waals surface area contributed by atoms with Crippen LogP contribution in [0.4, 0.5) is 0 Å². The number of carbonyl (C=O) groups is 1. The van der Waals surface area contributed by atoms with Gasteiger partial charge in [0.1, 0.15) is 12.4 Å². The molecule has 0 aliphatic rings. The first kappa shape index (κ1) is 12.3. The number of carboxylic acid groups (broad SMARTS) is 1. The summed E-state index contributed by atoms with van der Waals surface area (Å²) in [6.07, 6.45) is 2.25. The average Bonchev–Trinajstić information content (AvgIpc) is 2.28. The summed E-state index contributed by atoms with van der Waals surface area (Å²) >= 11 is 0. The summed E-state index contributed by atoms with van der Waals surface area (Å²) in [5.41, 5.74) is 0.806. The van der Waals surface area contributed by atoms with Crippen molar-refractivity contribution in [1.29, 1.82) is 0 Å². The van der Waals surface area contributed by atoms with Gasteiger partial charge >= 0.3 is 5.97 Å². The molecule has 1 rings (SSSR count). The van der Waals surface area contributed by atoms with Crippen molar-refractivity contribution < 1.29 is 14.6 Å². The monoisotopic (exact) mass is 220 g/mol. The molecule has 3 nitrogen and oxygen atoms in total. The fraction of sp³-hybridized carbons (Fsp3) is 0.308. The summed E-state index contributed by atoms with van der Waals surface area (Å²) in [6.45, 7) is 5.87. The Balaban J connectivity index is 2.76. The zero-order chi connectivity index (χ0) is 12.0. The summed E-state index contributed by atoms with van der Waals surface area (Å²) in [4.78, 5) is 10.9. The van der Waals surface area contributed by atoms with E-state index in [9.17, 15) is 4.79 Å². The molecule has 0 fully saturated rings. The van der Waals surface area contributed by atoms with Gasteiger partial charge < -0.3 is 9.84 Å². The maximum Gasteiger partial charge on any atom is 0.310 e. The van der Waals surface area contributed by atoms with Crippen LogP contribution in [0.3, 0.4) is 0 Å². The summed E-state index contributed by atoms with van der Waals surface area (Å²) < 4.78 is 5.32. The second-order valence-electron chi connectivity index (χ2n) is 3.47. The van der Waals surface area contributed by atoms with Gasteiger partial charge in [-0.15, -0.1) is 0 Å². The van der Waals surface area contributed by atoms with E-state index >= 15 is 0 Å². The van der Waals surface area contributed by atoms with Gasteiger partial charge in [0.05, 0.1) is 5.92 Å². The van der Waals surface area contributed by atoms with E-state index in [4.69, 9.17) is 9.84 Å². The molecule has 0 bridgehead atoms. The van der Waals surface area contributed by atoms with Crippen LogP contribution >= 0.6 is 0 Å². The SMILES string of the molecule is C=CCOc1ccc(C(CC)C(=O)O)cc1. The first-order chi connectivity index (χ1) is 7.69. The van der Waals surface area contributed by atoms with Gasteiger partial charge in [-0.3, -0.25) is 4.79 Å². The zero-order valence-corrected chi connectivity index (χ0v) is 9.35. The topological polar surface area (TPSA) is 46.5 Å². The third-order valence-corrected chi connectivity index (χ3v) is 2.36. The van der Waals surface area contributed by atoms with Crippen LogP contribution in [0.25, 0.3) is 0 Å². The second kappa shape index (κ2) is 5.95. The van der Waals surface area contributed by atoms with Crippen molar-refractivity contribution in [2.75, 3.05) is 6.61 Å². The molecule has 16 heavy (non-hydrogen) atoms. The van der Waals surface area contributed by atoms with Gasteiger partial charge in [0.2, 0.25) is 0 Å². The molecule has 86 valence electrons. The number of hydrogen-bond acceptors (Lipinski definition) is 2. The van der Waals surface area contributed by atoms with E-state index in [0.717, 1.165) is 11.3 Å². The molecule has 0 radical (unpaired) electrons. The van der Waals surface area contributed by atoms with E-state index in [1.165, 1.54) is 0 Å². The standard InChI is InChI=1S/C13H16O3/c1-3-9-16-11-7-5-10(6-8-11)12(4-2)13(14)15/h3,5-8,12H,1,4,9H2,2H3,(H,14,15). The van der Waals surface area contributed by atoms with Crippen LogP contribution in [0.15, 0.2) is 36.9 Å². The normalized spacial score (nSPS) is 11.8. The molecule has 1 unspecified atom stereocenters. The van der Waals surface area contributed by atoms with Crippen LogP contribution in [0.1, 0.15) is 24.8 Å². The van der Waals surface area contributed by atoms with Crippen molar-refractivity contribution in [3.8, 4) is 5.75 Å². The van der Waals surface area contributed by atoms with Gasteiger partial charge in [-0.2, -0.15) is 0 Å². The molecule has 1 aromatic rings. The Morgan fingerprint density at radius 1 is 1.50 bits per heavy atom. The first-order valence-corrected chi connectivity index (χ1v) is 5.25. The molecule has 3 heteroatoms. The van der Waals surface area contributed by atoms with Crippen molar-refractivity contribution in [3.05, 3.63) is 42.5 Å². The molecule has 0 aliphatic carbocycles. The number of aliphatic carboxylic acids is 1. The number of carboxylic acids is 1. The lowest BCUT2D eigenvalue weighted by atomic mass is 9.97. The minimum absolute atomic E-state index is 0.437. The molecule has 0 amide bonds. The Hall–Kier alpha value is -1.77. The number of benzene rings is 1. The zero-order valence-electron chi connectivity index (χ0n) is 9.35. The molecule has 0 saturated carbocycles. The molecule has 1 N–H and O–H groups in total. The summed E-state index contributed by atoms with van der Waals surface area (Å²) in [7, 11) is 0. The van der Waals surface area contributed by atoms with Crippen LogP contribution in [0.5, 0.6) is 5.75 Å². The van der Waals surface area contributed by atoms with Crippen molar-refractivity contribution in [1.82, 2.24) is 0 Å². The highest BCUT2D eigenvalue weighted by Crippen LogP contribution is 2.22. The van der Waals surface area contributed by atoms with E-state index in [1.54, 1.807) is 30.3 Å². The molecule has 1 aromatic carbocycles. The minimum Gasteiger partial charge on any atom is -0.490 e. The third-order valence-electron chi connectivity index (χ3n) is 2.36. The predicted octanol–water partition coefficient (Wildman–Crippen LogP) is 2.83. The molecule has 0 saturated heterocycles. The largest absolute Gasteiger partial charge is 0.490 e. The lowest BCUT2D eigenvalue weighted by molar-refractivity contribution is -0.138. The van der Waals surface area contributed by atoms with Crippen LogP contribution in [0, 0.1) is 0 Å². The third kappa shape index (κ3) is 3.12. The Labute approximate surface area is 95.4 Å². The van der Waals surface area contributed by atoms with Crippen LogP contribution in [0.2, 0.25) is 0 Å². The maximum absolute atomic E-state index is 10.9. The first-order valence-electron chi connectivity index (χ1n) is 5.25. The van der Waals surface area contributed by atoms with E-state index in [-0.39, 0.29) is 0 Å². The highest BCUT2D eigenvalue weighted by Gasteiger charge is 2.16.